The van der Waals surface area contributed by atoms with E-state index in [-0.39, 0.29) is 12.3 Å². The predicted molar refractivity (Wildman–Crippen MR) is 66.5 cm³/mol. The van der Waals surface area contributed by atoms with Gasteiger partial charge in [-0.3, -0.25) is 9.59 Å². The molecule has 0 aliphatic carbocycles. The van der Waals surface area contributed by atoms with Crippen molar-refractivity contribution in [2.75, 3.05) is 0 Å². The number of ketones is 1. The smallest absolute Gasteiger partial charge is 0.323 e. The molecule has 4 heteroatoms. The number of carboxylic acid groups (broad SMARTS) is 1. The van der Waals surface area contributed by atoms with Crippen LogP contribution < -0.4 is 0 Å². The summed E-state index contributed by atoms with van der Waals surface area (Å²) in [5, 5.41) is 8.64. The van der Waals surface area contributed by atoms with Crippen LogP contribution in [0.3, 0.4) is 0 Å². The van der Waals surface area contributed by atoms with Crippen LogP contribution in [0.1, 0.15) is 15.9 Å². The molecule has 0 saturated heterocycles. The van der Waals surface area contributed by atoms with Crippen molar-refractivity contribution in [3.05, 3.63) is 59.9 Å². The fraction of sp³-hybridized carbons (Fsp3) is 0.143. The molecule has 0 unspecified atom stereocenters. The Morgan fingerprint density at radius 2 is 1.83 bits per heavy atom. The maximum atomic E-state index is 12.0. The number of carbonyl (C=O) groups excluding carboxylic acids is 1. The first-order valence-electron chi connectivity index (χ1n) is 5.60. The van der Waals surface area contributed by atoms with Gasteiger partial charge in [-0.05, 0) is 11.6 Å². The number of hydrogen-bond donors (Lipinski definition) is 1. The summed E-state index contributed by atoms with van der Waals surface area (Å²) in [6.45, 7) is -0.126. The first-order valence-corrected chi connectivity index (χ1v) is 5.60. The van der Waals surface area contributed by atoms with E-state index >= 15 is 0 Å². The van der Waals surface area contributed by atoms with Gasteiger partial charge in [-0.25, -0.2) is 0 Å². The van der Waals surface area contributed by atoms with Crippen LogP contribution in [0.4, 0.5) is 0 Å². The summed E-state index contributed by atoms with van der Waals surface area (Å²) in [5.41, 5.74) is 1.49. The molecular weight excluding hydrogens is 230 g/mol. The molecular formula is C14H13NO3. The molecule has 1 aromatic carbocycles. The van der Waals surface area contributed by atoms with Gasteiger partial charge >= 0.3 is 5.97 Å². The van der Waals surface area contributed by atoms with Crippen molar-refractivity contribution in [2.45, 2.75) is 13.0 Å². The highest BCUT2D eigenvalue weighted by Crippen LogP contribution is 2.08. The zero-order valence-electron chi connectivity index (χ0n) is 9.74. The van der Waals surface area contributed by atoms with Crippen LogP contribution in [0.5, 0.6) is 0 Å². The molecule has 0 bridgehead atoms. The Balaban J connectivity index is 2.05. The highest BCUT2D eigenvalue weighted by atomic mass is 16.4. The minimum Gasteiger partial charge on any atom is -0.480 e. The van der Waals surface area contributed by atoms with E-state index in [2.05, 4.69) is 0 Å². The molecule has 1 N–H and O–H groups in total. The highest BCUT2D eigenvalue weighted by molar-refractivity contribution is 5.97. The van der Waals surface area contributed by atoms with E-state index in [0.717, 1.165) is 5.56 Å². The van der Waals surface area contributed by atoms with Crippen LogP contribution in [0.25, 0.3) is 0 Å². The quantitative estimate of drug-likeness (QED) is 0.817. The normalized spacial score (nSPS) is 10.2. The lowest BCUT2D eigenvalue weighted by Gasteiger charge is -1.99. The SMILES string of the molecule is O=C(O)Cn1ccc(C(=O)Cc2ccccc2)c1. The van der Waals surface area contributed by atoms with Crippen LogP contribution >= 0.6 is 0 Å². The summed E-state index contributed by atoms with van der Waals surface area (Å²) >= 11 is 0. The van der Waals surface area contributed by atoms with Gasteiger partial charge in [0, 0.05) is 24.4 Å². The zero-order valence-corrected chi connectivity index (χ0v) is 9.74. The van der Waals surface area contributed by atoms with Crippen LogP contribution in [0.2, 0.25) is 0 Å². The standard InChI is InChI=1S/C14H13NO3/c16-13(8-11-4-2-1-3-5-11)12-6-7-15(9-12)10-14(17)18/h1-7,9H,8,10H2,(H,17,18). The fourth-order valence-electron chi connectivity index (χ4n) is 1.74. The summed E-state index contributed by atoms with van der Waals surface area (Å²) < 4.78 is 1.49. The number of benzene rings is 1. The van der Waals surface area contributed by atoms with E-state index in [4.69, 9.17) is 5.11 Å². The second-order valence-corrected chi connectivity index (χ2v) is 4.05. The van der Waals surface area contributed by atoms with Crippen LogP contribution in [-0.2, 0) is 17.8 Å². The molecule has 0 atom stereocenters. The van der Waals surface area contributed by atoms with E-state index in [1.807, 2.05) is 30.3 Å². The van der Waals surface area contributed by atoms with Crippen molar-refractivity contribution in [1.82, 2.24) is 4.57 Å². The van der Waals surface area contributed by atoms with Gasteiger partial charge in [0.05, 0.1) is 0 Å². The Kier molecular flexibility index (Phi) is 3.57. The van der Waals surface area contributed by atoms with Crippen molar-refractivity contribution in [2.24, 2.45) is 0 Å². The molecule has 0 fully saturated rings. The maximum Gasteiger partial charge on any atom is 0.323 e. The van der Waals surface area contributed by atoms with Crippen molar-refractivity contribution < 1.29 is 14.7 Å². The number of nitrogens with zero attached hydrogens (tertiary/aromatic N) is 1. The lowest BCUT2D eigenvalue weighted by Crippen LogP contribution is -2.07. The molecule has 0 radical (unpaired) electrons. The predicted octanol–water partition coefficient (Wildman–Crippen LogP) is 2.00. The molecule has 92 valence electrons. The third-order valence-electron chi connectivity index (χ3n) is 2.60. The maximum absolute atomic E-state index is 12.0. The van der Waals surface area contributed by atoms with E-state index in [0.29, 0.717) is 12.0 Å². The van der Waals surface area contributed by atoms with Crippen molar-refractivity contribution >= 4 is 11.8 Å². The molecule has 2 rings (SSSR count). The third kappa shape index (κ3) is 3.07. The van der Waals surface area contributed by atoms with E-state index < -0.39 is 5.97 Å². The van der Waals surface area contributed by atoms with E-state index in [9.17, 15) is 9.59 Å². The fourth-order valence-corrected chi connectivity index (χ4v) is 1.74. The van der Waals surface area contributed by atoms with Gasteiger partial charge in [0.25, 0.3) is 0 Å². The minimum absolute atomic E-state index is 0.00895. The second kappa shape index (κ2) is 5.31. The average molecular weight is 243 g/mol. The monoisotopic (exact) mass is 243 g/mol. The molecule has 0 aliphatic rings. The summed E-state index contributed by atoms with van der Waals surface area (Å²) in [6, 6.07) is 11.1. The van der Waals surface area contributed by atoms with E-state index in [1.54, 1.807) is 18.5 Å². The first kappa shape index (κ1) is 12.1. The number of carboxylic acids is 1. The topological polar surface area (TPSA) is 59.3 Å². The summed E-state index contributed by atoms with van der Waals surface area (Å²) in [7, 11) is 0. The number of aromatic nitrogens is 1. The van der Waals surface area contributed by atoms with Gasteiger partial charge in [-0.2, -0.15) is 0 Å². The molecule has 1 heterocycles. The van der Waals surface area contributed by atoms with Crippen LogP contribution in [0.15, 0.2) is 48.8 Å². The number of Topliss-reactive ketones (excluding diaryl/α,β-unsaturated/α-hetero) is 1. The molecule has 0 amide bonds. The van der Waals surface area contributed by atoms with Crippen LogP contribution in [-0.4, -0.2) is 21.4 Å². The average Bonchev–Trinajstić information content (AvgIpc) is 2.78. The minimum atomic E-state index is -0.923. The van der Waals surface area contributed by atoms with Crippen molar-refractivity contribution in [3.8, 4) is 0 Å². The molecule has 1 aromatic heterocycles. The van der Waals surface area contributed by atoms with E-state index in [1.165, 1.54) is 4.57 Å². The molecule has 0 spiro atoms. The lowest BCUT2D eigenvalue weighted by molar-refractivity contribution is -0.137. The van der Waals surface area contributed by atoms with Gasteiger partial charge < -0.3 is 9.67 Å². The second-order valence-electron chi connectivity index (χ2n) is 4.05. The number of rotatable bonds is 5. The van der Waals surface area contributed by atoms with Gasteiger partial charge in [0.2, 0.25) is 0 Å². The van der Waals surface area contributed by atoms with Crippen molar-refractivity contribution in [1.29, 1.82) is 0 Å². The largest absolute Gasteiger partial charge is 0.480 e. The van der Waals surface area contributed by atoms with Gasteiger partial charge in [-0.15, -0.1) is 0 Å². The Labute approximate surface area is 104 Å². The van der Waals surface area contributed by atoms with Gasteiger partial charge in [0.1, 0.15) is 6.54 Å². The first-order chi connectivity index (χ1) is 8.65. The summed E-state index contributed by atoms with van der Waals surface area (Å²) in [5.74, 6) is -0.932. The van der Waals surface area contributed by atoms with Gasteiger partial charge in [0.15, 0.2) is 5.78 Å². The van der Waals surface area contributed by atoms with Gasteiger partial charge in [-0.1, -0.05) is 30.3 Å². The Hall–Kier alpha value is -2.36. The molecule has 0 aliphatic heterocycles. The number of hydrogen-bond acceptors (Lipinski definition) is 2. The summed E-state index contributed by atoms with van der Waals surface area (Å²) in [6.07, 6.45) is 3.50. The summed E-state index contributed by atoms with van der Waals surface area (Å²) in [4.78, 5) is 22.5. The molecule has 4 nitrogen and oxygen atoms in total. The van der Waals surface area contributed by atoms with Crippen molar-refractivity contribution in [3.63, 3.8) is 0 Å². The molecule has 18 heavy (non-hydrogen) atoms. The Morgan fingerprint density at radius 1 is 1.11 bits per heavy atom. The molecule has 0 saturated carbocycles. The Bertz CT molecular complexity index is 557. The third-order valence-corrected chi connectivity index (χ3v) is 2.60. The molecule has 2 aromatic rings. The zero-order chi connectivity index (χ0) is 13.0. The number of carbonyl (C=O) groups is 2. The number of aliphatic carboxylic acids is 1. The Morgan fingerprint density at radius 3 is 2.50 bits per heavy atom. The van der Waals surface area contributed by atoms with Crippen LogP contribution in [0, 0.1) is 0 Å². The highest BCUT2D eigenvalue weighted by Gasteiger charge is 2.09. The lowest BCUT2D eigenvalue weighted by atomic mass is 10.1.